The Balaban J connectivity index is 2.61. The molecule has 16 heavy (non-hydrogen) atoms. The normalized spacial score (nSPS) is 10.9. The Hall–Kier alpha value is -1.97. The van der Waals surface area contributed by atoms with Gasteiger partial charge in [0.05, 0.1) is 17.2 Å². The van der Waals surface area contributed by atoms with Gasteiger partial charge in [0.1, 0.15) is 0 Å². The highest BCUT2D eigenvalue weighted by Gasteiger charge is 2.07. The molecule has 2 aromatic rings. The molecule has 0 saturated carbocycles. The average molecular weight is 216 g/mol. The van der Waals surface area contributed by atoms with E-state index in [0.717, 1.165) is 11.1 Å². The molecule has 1 N–H and O–H groups in total. The molecule has 4 heteroatoms. The van der Waals surface area contributed by atoms with Crippen molar-refractivity contribution in [2.75, 3.05) is 0 Å². The van der Waals surface area contributed by atoms with Gasteiger partial charge in [0.15, 0.2) is 5.69 Å². The second kappa shape index (κ2) is 3.89. The summed E-state index contributed by atoms with van der Waals surface area (Å²) in [6, 6.07) is 5.74. The first-order valence-electron chi connectivity index (χ1n) is 5.08. The number of rotatable bonds is 2. The van der Waals surface area contributed by atoms with Crippen LogP contribution in [-0.2, 0) is 0 Å². The molecule has 0 aliphatic carbocycles. The Labute approximate surface area is 93.0 Å². The zero-order valence-corrected chi connectivity index (χ0v) is 9.14. The fraction of sp³-hybridized carbons (Fsp3) is 0.250. The molecule has 0 radical (unpaired) electrons. The van der Waals surface area contributed by atoms with Gasteiger partial charge < -0.3 is 5.11 Å². The van der Waals surface area contributed by atoms with Gasteiger partial charge in [0, 0.05) is 0 Å². The third-order valence-electron chi connectivity index (χ3n) is 2.45. The van der Waals surface area contributed by atoms with Crippen molar-refractivity contribution in [1.29, 1.82) is 0 Å². The van der Waals surface area contributed by atoms with E-state index in [9.17, 15) is 4.79 Å². The topological polar surface area (TPSA) is 63.1 Å². The third kappa shape index (κ3) is 1.86. The van der Waals surface area contributed by atoms with Crippen LogP contribution in [0.3, 0.4) is 0 Å². The van der Waals surface area contributed by atoms with Gasteiger partial charge in [-0.3, -0.25) is 4.98 Å². The van der Waals surface area contributed by atoms with Gasteiger partial charge in [-0.05, 0) is 23.6 Å². The smallest absolute Gasteiger partial charge is 0.356 e. The number of benzene rings is 1. The average Bonchev–Trinajstić information content (AvgIpc) is 2.27. The summed E-state index contributed by atoms with van der Waals surface area (Å²) < 4.78 is 0. The van der Waals surface area contributed by atoms with E-state index < -0.39 is 5.97 Å². The maximum atomic E-state index is 10.8. The minimum Gasteiger partial charge on any atom is -0.476 e. The number of nitrogens with zero attached hydrogens (tertiary/aromatic N) is 2. The zero-order chi connectivity index (χ0) is 11.7. The van der Waals surface area contributed by atoms with Crippen LogP contribution in [0.4, 0.5) is 0 Å². The van der Waals surface area contributed by atoms with Crippen LogP contribution < -0.4 is 0 Å². The summed E-state index contributed by atoms with van der Waals surface area (Å²) in [6.07, 6.45) is 1.28. The highest BCUT2D eigenvalue weighted by atomic mass is 16.4. The molecular weight excluding hydrogens is 204 g/mol. The molecule has 1 heterocycles. The lowest BCUT2D eigenvalue weighted by Gasteiger charge is -2.06. The van der Waals surface area contributed by atoms with Crippen LogP contribution in [0, 0.1) is 0 Å². The molecule has 0 spiro atoms. The zero-order valence-electron chi connectivity index (χ0n) is 9.14. The van der Waals surface area contributed by atoms with Gasteiger partial charge in [-0.1, -0.05) is 19.9 Å². The van der Waals surface area contributed by atoms with Crippen LogP contribution in [-0.4, -0.2) is 21.0 Å². The van der Waals surface area contributed by atoms with Crippen molar-refractivity contribution < 1.29 is 9.90 Å². The van der Waals surface area contributed by atoms with Gasteiger partial charge in [0.25, 0.3) is 0 Å². The highest BCUT2D eigenvalue weighted by molar-refractivity contribution is 5.87. The first kappa shape index (κ1) is 10.5. The van der Waals surface area contributed by atoms with E-state index >= 15 is 0 Å². The summed E-state index contributed by atoms with van der Waals surface area (Å²) in [4.78, 5) is 18.9. The lowest BCUT2D eigenvalue weighted by molar-refractivity contribution is 0.0690. The van der Waals surface area contributed by atoms with E-state index in [0.29, 0.717) is 11.4 Å². The number of aromatic carboxylic acids is 1. The molecular formula is C12H12N2O2. The van der Waals surface area contributed by atoms with Crippen molar-refractivity contribution in [3.8, 4) is 0 Å². The van der Waals surface area contributed by atoms with Crippen LogP contribution in [0.1, 0.15) is 35.8 Å². The molecule has 0 fully saturated rings. The predicted molar refractivity (Wildman–Crippen MR) is 60.6 cm³/mol. The number of carbonyl (C=O) groups is 1. The standard InChI is InChI=1S/C12H12N2O2/c1-7(2)8-3-4-9-10(5-8)14-11(6-13-9)12(15)16/h3-7H,1-2H3,(H,15,16). The molecule has 4 nitrogen and oxygen atoms in total. The largest absolute Gasteiger partial charge is 0.476 e. The second-order valence-corrected chi connectivity index (χ2v) is 3.96. The van der Waals surface area contributed by atoms with E-state index in [1.165, 1.54) is 6.20 Å². The number of carboxylic acids is 1. The molecule has 2 rings (SSSR count). The Kier molecular flexibility index (Phi) is 2.56. The van der Waals surface area contributed by atoms with Gasteiger partial charge in [-0.15, -0.1) is 0 Å². The number of hydrogen-bond acceptors (Lipinski definition) is 3. The summed E-state index contributed by atoms with van der Waals surface area (Å²) in [6.45, 7) is 4.16. The number of aromatic nitrogens is 2. The molecule has 0 bridgehead atoms. The summed E-state index contributed by atoms with van der Waals surface area (Å²) in [5.41, 5.74) is 2.46. The molecule has 0 aliphatic rings. The van der Waals surface area contributed by atoms with Crippen LogP contribution in [0.15, 0.2) is 24.4 Å². The highest BCUT2D eigenvalue weighted by Crippen LogP contribution is 2.18. The molecule has 0 amide bonds. The first-order chi connectivity index (χ1) is 7.58. The number of hydrogen-bond donors (Lipinski definition) is 1. The summed E-state index contributed by atoms with van der Waals surface area (Å²) >= 11 is 0. The second-order valence-electron chi connectivity index (χ2n) is 3.96. The lowest BCUT2D eigenvalue weighted by Crippen LogP contribution is -2.01. The van der Waals surface area contributed by atoms with Crippen LogP contribution in [0.5, 0.6) is 0 Å². The Bertz CT molecular complexity index is 550. The Morgan fingerprint density at radius 1 is 1.31 bits per heavy atom. The molecule has 0 atom stereocenters. The van der Waals surface area contributed by atoms with Crippen LogP contribution in [0.25, 0.3) is 11.0 Å². The van der Waals surface area contributed by atoms with Crippen molar-refractivity contribution in [1.82, 2.24) is 9.97 Å². The fourth-order valence-corrected chi connectivity index (χ4v) is 1.49. The van der Waals surface area contributed by atoms with Crippen molar-refractivity contribution in [2.45, 2.75) is 19.8 Å². The maximum Gasteiger partial charge on any atom is 0.356 e. The van der Waals surface area contributed by atoms with Crippen LogP contribution in [0.2, 0.25) is 0 Å². The molecule has 0 unspecified atom stereocenters. The summed E-state index contributed by atoms with van der Waals surface area (Å²) in [5, 5.41) is 8.82. The van der Waals surface area contributed by atoms with Crippen molar-refractivity contribution in [3.05, 3.63) is 35.7 Å². The quantitative estimate of drug-likeness (QED) is 0.837. The molecule has 1 aromatic carbocycles. The van der Waals surface area contributed by atoms with Crippen LogP contribution >= 0.6 is 0 Å². The molecule has 0 saturated heterocycles. The van der Waals surface area contributed by atoms with E-state index in [2.05, 4.69) is 23.8 Å². The van der Waals surface area contributed by atoms with E-state index in [1.807, 2.05) is 18.2 Å². The van der Waals surface area contributed by atoms with E-state index in [4.69, 9.17) is 5.11 Å². The lowest BCUT2D eigenvalue weighted by atomic mass is 10.0. The van der Waals surface area contributed by atoms with Crippen molar-refractivity contribution in [2.24, 2.45) is 0 Å². The number of carboxylic acid groups (broad SMARTS) is 1. The number of fused-ring (bicyclic) bond motifs is 1. The van der Waals surface area contributed by atoms with Gasteiger partial charge in [0.2, 0.25) is 0 Å². The SMILES string of the molecule is CC(C)c1ccc2ncc(C(=O)O)nc2c1. The third-order valence-corrected chi connectivity index (χ3v) is 2.45. The first-order valence-corrected chi connectivity index (χ1v) is 5.08. The van der Waals surface area contributed by atoms with E-state index in [1.54, 1.807) is 0 Å². The van der Waals surface area contributed by atoms with E-state index in [-0.39, 0.29) is 5.69 Å². The van der Waals surface area contributed by atoms with Gasteiger partial charge >= 0.3 is 5.97 Å². The van der Waals surface area contributed by atoms with Gasteiger partial charge in [-0.25, -0.2) is 9.78 Å². The monoisotopic (exact) mass is 216 g/mol. The van der Waals surface area contributed by atoms with Crippen molar-refractivity contribution >= 4 is 17.0 Å². The minimum atomic E-state index is -1.05. The Morgan fingerprint density at radius 3 is 2.69 bits per heavy atom. The predicted octanol–water partition coefficient (Wildman–Crippen LogP) is 2.45. The summed E-state index contributed by atoms with van der Waals surface area (Å²) in [5.74, 6) is -0.663. The minimum absolute atomic E-state index is 0.0200. The van der Waals surface area contributed by atoms with Gasteiger partial charge in [-0.2, -0.15) is 0 Å². The maximum absolute atomic E-state index is 10.8. The van der Waals surface area contributed by atoms with Crippen molar-refractivity contribution in [3.63, 3.8) is 0 Å². The molecule has 0 aliphatic heterocycles. The molecule has 82 valence electrons. The summed E-state index contributed by atoms with van der Waals surface area (Å²) in [7, 11) is 0. The molecule has 1 aromatic heterocycles. The fourth-order valence-electron chi connectivity index (χ4n) is 1.49. The Morgan fingerprint density at radius 2 is 2.06 bits per heavy atom.